The predicted molar refractivity (Wildman–Crippen MR) is 124 cm³/mol. The number of esters is 1. The average molecular weight is 471 g/mol. The van der Waals surface area contributed by atoms with Gasteiger partial charge in [0.15, 0.2) is 0 Å². The van der Waals surface area contributed by atoms with Crippen LogP contribution in [0.3, 0.4) is 0 Å². The zero-order valence-corrected chi connectivity index (χ0v) is 19.9. The van der Waals surface area contributed by atoms with Crippen molar-refractivity contribution >= 4 is 23.8 Å². The third-order valence-electron chi connectivity index (χ3n) is 7.70. The first-order chi connectivity index (χ1) is 16.3. The molecule has 3 aliphatic rings. The van der Waals surface area contributed by atoms with Crippen LogP contribution in [-0.2, 0) is 19.2 Å². The van der Waals surface area contributed by atoms with E-state index in [4.69, 9.17) is 4.74 Å². The van der Waals surface area contributed by atoms with Gasteiger partial charge in [0.25, 0.3) is 0 Å². The van der Waals surface area contributed by atoms with Crippen LogP contribution in [0.15, 0.2) is 24.3 Å². The summed E-state index contributed by atoms with van der Waals surface area (Å²) in [6, 6.07) is 6.12. The molecule has 2 amide bonds. The van der Waals surface area contributed by atoms with Crippen LogP contribution in [0.2, 0.25) is 0 Å². The lowest BCUT2D eigenvalue weighted by molar-refractivity contribution is -0.152. The molecule has 0 spiro atoms. The number of nitrogens with one attached hydrogen (secondary N) is 1. The lowest BCUT2D eigenvalue weighted by Gasteiger charge is -2.35. The number of fused-ring (bicyclic) bond motifs is 1. The van der Waals surface area contributed by atoms with E-state index in [1.807, 2.05) is 6.92 Å². The molecule has 1 aromatic rings. The topological polar surface area (TPSA) is 113 Å². The van der Waals surface area contributed by atoms with Crippen LogP contribution < -0.4 is 10.1 Å². The van der Waals surface area contributed by atoms with Gasteiger partial charge in [-0.2, -0.15) is 0 Å². The third-order valence-corrected chi connectivity index (χ3v) is 7.70. The van der Waals surface area contributed by atoms with Gasteiger partial charge < -0.3 is 9.84 Å². The van der Waals surface area contributed by atoms with E-state index in [9.17, 15) is 24.3 Å². The molecule has 1 aliphatic carbocycles. The van der Waals surface area contributed by atoms with E-state index in [1.165, 1.54) is 11.8 Å². The van der Waals surface area contributed by atoms with Gasteiger partial charge in [-0.05, 0) is 36.5 Å². The normalized spacial score (nSPS) is 29.4. The number of likely N-dealkylation sites (tertiary alicyclic amines) is 1. The van der Waals surface area contributed by atoms with Crippen LogP contribution in [0.25, 0.3) is 0 Å². The summed E-state index contributed by atoms with van der Waals surface area (Å²) in [5, 5.41) is 13.8. The Morgan fingerprint density at radius 2 is 1.79 bits per heavy atom. The molecule has 2 aliphatic heterocycles. The molecule has 184 valence electrons. The quantitative estimate of drug-likeness (QED) is 0.340. The Kier molecular flexibility index (Phi) is 7.07. The number of nitrogens with zero attached hydrogens (tertiary/aromatic N) is 1. The zero-order valence-electron chi connectivity index (χ0n) is 19.9. The van der Waals surface area contributed by atoms with E-state index in [0.717, 1.165) is 38.5 Å². The number of unbranched alkanes of at least 4 members (excludes halogenated alkanes) is 1. The molecule has 34 heavy (non-hydrogen) atoms. The maximum Gasteiger partial charge on any atom is 0.324 e. The number of rotatable bonds is 8. The van der Waals surface area contributed by atoms with Gasteiger partial charge in [-0.25, -0.2) is 0 Å². The van der Waals surface area contributed by atoms with Crippen molar-refractivity contribution in [3.8, 4) is 5.75 Å². The smallest absolute Gasteiger partial charge is 0.324 e. The van der Waals surface area contributed by atoms with Gasteiger partial charge in [0.1, 0.15) is 11.3 Å². The fraction of sp³-hybridized carbons (Fsp3) is 0.615. The summed E-state index contributed by atoms with van der Waals surface area (Å²) in [4.78, 5) is 52.5. The number of ether oxygens (including phenoxy) is 1. The van der Waals surface area contributed by atoms with E-state index in [2.05, 4.69) is 5.32 Å². The lowest BCUT2D eigenvalue weighted by atomic mass is 9.72. The molecule has 2 N–H and O–H groups in total. The summed E-state index contributed by atoms with van der Waals surface area (Å²) in [5.41, 5.74) is -0.782. The molecule has 0 radical (unpaired) electrons. The van der Waals surface area contributed by atoms with Gasteiger partial charge in [0.2, 0.25) is 11.8 Å². The molecule has 1 saturated carbocycles. The van der Waals surface area contributed by atoms with Crippen molar-refractivity contribution in [3.63, 3.8) is 0 Å². The second kappa shape index (κ2) is 9.86. The van der Waals surface area contributed by atoms with Crippen molar-refractivity contribution in [2.75, 3.05) is 6.54 Å². The average Bonchev–Trinajstić information content (AvgIpc) is 3.28. The van der Waals surface area contributed by atoms with Gasteiger partial charge in [-0.3, -0.25) is 29.4 Å². The maximum absolute atomic E-state index is 13.6. The van der Waals surface area contributed by atoms with E-state index in [1.54, 1.807) is 24.3 Å². The molecule has 2 saturated heterocycles. The highest BCUT2D eigenvalue weighted by Crippen LogP contribution is 2.52. The van der Waals surface area contributed by atoms with Gasteiger partial charge >= 0.3 is 11.9 Å². The van der Waals surface area contributed by atoms with Crippen LogP contribution >= 0.6 is 0 Å². The van der Waals surface area contributed by atoms with Crippen molar-refractivity contribution in [2.45, 2.75) is 76.8 Å². The van der Waals surface area contributed by atoms with Crippen LogP contribution in [0.1, 0.15) is 76.8 Å². The Balaban J connectivity index is 1.72. The Hall–Kier alpha value is -2.74. The number of carbonyl (C=O) groups is 4. The maximum atomic E-state index is 13.6. The number of hydrogen-bond acceptors (Lipinski definition) is 6. The fourth-order valence-corrected chi connectivity index (χ4v) is 6.11. The zero-order chi connectivity index (χ0) is 24.5. The number of aliphatic carboxylic acids is 1. The van der Waals surface area contributed by atoms with Gasteiger partial charge in [0.05, 0.1) is 11.8 Å². The van der Waals surface area contributed by atoms with Crippen LogP contribution in [0.5, 0.6) is 5.75 Å². The first kappa shape index (κ1) is 24.4. The minimum atomic E-state index is -1.49. The predicted octanol–water partition coefficient (Wildman–Crippen LogP) is 3.45. The highest BCUT2D eigenvalue weighted by molar-refractivity contribution is 6.09. The van der Waals surface area contributed by atoms with Crippen LogP contribution in [-0.4, -0.2) is 45.8 Å². The van der Waals surface area contributed by atoms with Crippen molar-refractivity contribution in [3.05, 3.63) is 29.8 Å². The molecule has 4 unspecified atom stereocenters. The van der Waals surface area contributed by atoms with Crippen LogP contribution in [0, 0.1) is 17.8 Å². The number of carboxylic acids is 1. The second-order valence-corrected chi connectivity index (χ2v) is 9.95. The van der Waals surface area contributed by atoms with Gasteiger partial charge in [0, 0.05) is 19.5 Å². The van der Waals surface area contributed by atoms with E-state index in [0.29, 0.717) is 30.7 Å². The Labute approximate surface area is 200 Å². The molecule has 3 fully saturated rings. The number of carboxylic acid groups (broad SMARTS) is 1. The summed E-state index contributed by atoms with van der Waals surface area (Å²) < 4.78 is 5.11. The third kappa shape index (κ3) is 4.35. The Morgan fingerprint density at radius 1 is 1.12 bits per heavy atom. The number of hydrogen-bond donors (Lipinski definition) is 2. The molecule has 0 aromatic heterocycles. The fourth-order valence-electron chi connectivity index (χ4n) is 6.11. The van der Waals surface area contributed by atoms with Crippen molar-refractivity contribution in [2.24, 2.45) is 17.8 Å². The monoisotopic (exact) mass is 470 g/mol. The molecule has 8 heteroatoms. The molecular formula is C26H34N2O6. The lowest BCUT2D eigenvalue weighted by Crippen LogP contribution is -2.56. The minimum absolute atomic E-state index is 0.204. The number of imide groups is 1. The van der Waals surface area contributed by atoms with Crippen molar-refractivity contribution in [1.82, 2.24) is 10.2 Å². The molecule has 0 bridgehead atoms. The largest absolute Gasteiger partial charge is 0.480 e. The van der Waals surface area contributed by atoms with Crippen molar-refractivity contribution < 1.29 is 29.0 Å². The second-order valence-electron chi connectivity index (χ2n) is 9.95. The molecule has 4 atom stereocenters. The first-order valence-electron chi connectivity index (χ1n) is 12.4. The van der Waals surface area contributed by atoms with Gasteiger partial charge in [-0.1, -0.05) is 57.6 Å². The van der Waals surface area contributed by atoms with Crippen molar-refractivity contribution in [1.29, 1.82) is 0 Å². The summed E-state index contributed by atoms with van der Waals surface area (Å²) in [6.45, 7) is 3.63. The summed E-state index contributed by atoms with van der Waals surface area (Å²) in [5.74, 6) is -3.30. The summed E-state index contributed by atoms with van der Waals surface area (Å²) >= 11 is 0. The molecule has 8 nitrogen and oxygen atoms in total. The standard InChI is InChI=1S/C26H34N2O6/c1-3-4-14-28-23(30)20-21(24(28)31)26(25(32)33,15-17-8-6-5-7-9-17)27-22(20)18-10-12-19(13-11-18)34-16(2)29/h10-13,17,20-22,27H,3-9,14-15H2,1-2H3,(H,32,33). The Bertz CT molecular complexity index is 955. The molecule has 2 heterocycles. The van der Waals surface area contributed by atoms with E-state index in [-0.39, 0.29) is 17.7 Å². The Morgan fingerprint density at radius 3 is 2.38 bits per heavy atom. The first-order valence-corrected chi connectivity index (χ1v) is 12.4. The molecule has 4 rings (SSSR count). The summed E-state index contributed by atoms with van der Waals surface area (Å²) in [7, 11) is 0. The summed E-state index contributed by atoms with van der Waals surface area (Å²) in [6.07, 6.45) is 7.01. The number of amides is 2. The highest BCUT2D eigenvalue weighted by atomic mass is 16.5. The minimum Gasteiger partial charge on any atom is -0.480 e. The number of benzene rings is 1. The van der Waals surface area contributed by atoms with E-state index < -0.39 is 35.4 Å². The molecular weight excluding hydrogens is 436 g/mol. The van der Waals surface area contributed by atoms with Gasteiger partial charge in [-0.15, -0.1) is 0 Å². The SMILES string of the molecule is CCCCN1C(=O)C2C(c3ccc(OC(C)=O)cc3)NC(CC3CCCCC3)(C(=O)O)C2C1=O. The van der Waals surface area contributed by atoms with Crippen LogP contribution in [0.4, 0.5) is 0 Å². The number of carbonyl (C=O) groups excluding carboxylic acids is 3. The van der Waals surface area contributed by atoms with E-state index >= 15 is 0 Å². The molecule has 1 aromatic carbocycles. The highest BCUT2D eigenvalue weighted by Gasteiger charge is 2.68.